The molecule has 2 aromatic heterocycles. The lowest BCUT2D eigenvalue weighted by Crippen LogP contribution is -2.37. The number of nitrogens with zero attached hydrogens (tertiary/aromatic N) is 5. The summed E-state index contributed by atoms with van der Waals surface area (Å²) in [5, 5.41) is 9.22. The minimum absolute atomic E-state index is 0.0151. The van der Waals surface area contributed by atoms with Crippen LogP contribution in [0.25, 0.3) is 11.2 Å². The number of aryl methyl sites for hydroxylation is 2. The zero-order valence-corrected chi connectivity index (χ0v) is 13.0. The lowest BCUT2D eigenvalue weighted by molar-refractivity contribution is 0.700. The van der Waals surface area contributed by atoms with Gasteiger partial charge in [-0.15, -0.1) is 0 Å². The van der Waals surface area contributed by atoms with Crippen LogP contribution in [0.3, 0.4) is 0 Å². The van der Waals surface area contributed by atoms with Crippen molar-refractivity contribution in [2.75, 3.05) is 0 Å². The van der Waals surface area contributed by atoms with Crippen LogP contribution in [-0.4, -0.2) is 18.7 Å². The first-order valence-corrected chi connectivity index (χ1v) is 7.24. The molecular weight excluding hydrogens is 318 g/mol. The van der Waals surface area contributed by atoms with E-state index in [1.807, 2.05) is 30.3 Å². The first-order valence-electron chi connectivity index (χ1n) is 6.86. The Bertz CT molecular complexity index is 1040. The number of rotatable bonds is 3. The van der Waals surface area contributed by atoms with Gasteiger partial charge in [0.2, 0.25) is 5.28 Å². The van der Waals surface area contributed by atoms with Crippen molar-refractivity contribution in [2.24, 2.45) is 7.05 Å². The third kappa shape index (κ3) is 2.43. The SMILES string of the molecule is Cn1c(=O)c2c(nc(Cl)n2CCc2ccccc2)n(C#N)c1=O. The van der Waals surface area contributed by atoms with Crippen LogP contribution < -0.4 is 11.2 Å². The summed E-state index contributed by atoms with van der Waals surface area (Å²) < 4.78 is 3.17. The molecule has 8 heteroatoms. The maximum absolute atomic E-state index is 12.4. The predicted octanol–water partition coefficient (Wildman–Crippen LogP) is 1.12. The van der Waals surface area contributed by atoms with Crippen molar-refractivity contribution in [1.29, 1.82) is 5.26 Å². The quantitative estimate of drug-likeness (QED) is 0.674. The molecule has 0 saturated heterocycles. The van der Waals surface area contributed by atoms with E-state index in [0.717, 1.165) is 14.7 Å². The second-order valence-electron chi connectivity index (χ2n) is 5.02. The second-order valence-corrected chi connectivity index (χ2v) is 5.36. The third-order valence-electron chi connectivity index (χ3n) is 3.67. The summed E-state index contributed by atoms with van der Waals surface area (Å²) in [6, 6.07) is 9.71. The van der Waals surface area contributed by atoms with Crippen LogP contribution in [0.4, 0.5) is 0 Å². The average molecular weight is 330 g/mol. The Labute approximate surface area is 135 Å². The van der Waals surface area contributed by atoms with E-state index in [1.54, 1.807) is 6.19 Å². The molecule has 0 amide bonds. The van der Waals surface area contributed by atoms with Crippen LogP contribution in [-0.2, 0) is 20.0 Å². The standard InChI is InChI=1S/C15H12ClN5O2/c1-19-13(22)11-12(21(9-17)15(19)23)18-14(16)20(11)8-7-10-5-3-2-4-6-10/h2-6H,7-8H2,1H3. The highest BCUT2D eigenvalue weighted by atomic mass is 35.5. The van der Waals surface area contributed by atoms with Crippen LogP contribution in [0.2, 0.25) is 5.28 Å². The zero-order valence-electron chi connectivity index (χ0n) is 12.2. The normalized spacial score (nSPS) is 10.8. The highest BCUT2D eigenvalue weighted by Crippen LogP contribution is 2.16. The van der Waals surface area contributed by atoms with Crippen LogP contribution in [0, 0.1) is 11.5 Å². The van der Waals surface area contributed by atoms with Gasteiger partial charge in [0.05, 0.1) is 0 Å². The highest BCUT2D eigenvalue weighted by molar-refractivity contribution is 6.29. The Morgan fingerprint density at radius 1 is 1.26 bits per heavy atom. The Balaban J connectivity index is 2.17. The molecule has 2 heterocycles. The van der Waals surface area contributed by atoms with Crippen molar-refractivity contribution >= 4 is 22.8 Å². The van der Waals surface area contributed by atoms with Gasteiger partial charge in [0, 0.05) is 13.6 Å². The van der Waals surface area contributed by atoms with Gasteiger partial charge in [-0.25, -0.2) is 4.79 Å². The average Bonchev–Trinajstić information content (AvgIpc) is 2.88. The lowest BCUT2D eigenvalue weighted by atomic mass is 10.1. The number of hydrogen-bond donors (Lipinski definition) is 0. The maximum atomic E-state index is 12.4. The number of aromatic nitrogens is 4. The fourth-order valence-electron chi connectivity index (χ4n) is 2.45. The lowest BCUT2D eigenvalue weighted by Gasteiger charge is -2.06. The van der Waals surface area contributed by atoms with Gasteiger partial charge in [-0.05, 0) is 23.6 Å². The molecule has 0 saturated carbocycles. The number of fused-ring (bicyclic) bond motifs is 1. The van der Waals surface area contributed by atoms with Gasteiger partial charge in [-0.1, -0.05) is 30.3 Å². The Hall–Kier alpha value is -2.85. The smallest absolute Gasteiger partial charge is 0.308 e. The molecule has 0 spiro atoms. The number of benzene rings is 1. The molecule has 0 unspecified atom stereocenters. The monoisotopic (exact) mass is 329 g/mol. The Morgan fingerprint density at radius 2 is 1.96 bits per heavy atom. The molecule has 3 rings (SSSR count). The molecule has 0 bridgehead atoms. The number of hydrogen-bond acceptors (Lipinski definition) is 4. The molecule has 7 nitrogen and oxygen atoms in total. The molecule has 116 valence electrons. The van der Waals surface area contributed by atoms with Gasteiger partial charge in [0.1, 0.15) is 0 Å². The molecule has 0 atom stereocenters. The summed E-state index contributed by atoms with van der Waals surface area (Å²) in [7, 11) is 1.32. The number of imidazole rings is 1. The molecule has 0 fully saturated rings. The molecule has 23 heavy (non-hydrogen) atoms. The topological polar surface area (TPSA) is 85.6 Å². The van der Waals surface area contributed by atoms with Gasteiger partial charge in [-0.2, -0.15) is 14.8 Å². The zero-order chi connectivity index (χ0) is 16.6. The first-order chi connectivity index (χ1) is 11.0. The second kappa shape index (κ2) is 5.74. The van der Waals surface area contributed by atoms with Crippen molar-refractivity contribution in [3.05, 3.63) is 62.0 Å². The van der Waals surface area contributed by atoms with E-state index >= 15 is 0 Å². The Morgan fingerprint density at radius 3 is 2.61 bits per heavy atom. The van der Waals surface area contributed by atoms with E-state index in [4.69, 9.17) is 16.9 Å². The summed E-state index contributed by atoms with van der Waals surface area (Å²) in [5.41, 5.74) is -0.0533. The van der Waals surface area contributed by atoms with Gasteiger partial charge < -0.3 is 4.57 Å². The van der Waals surface area contributed by atoms with Crippen molar-refractivity contribution in [1.82, 2.24) is 18.7 Å². The molecule has 0 aliphatic rings. The summed E-state index contributed by atoms with van der Waals surface area (Å²) in [6.07, 6.45) is 2.37. The fourth-order valence-corrected chi connectivity index (χ4v) is 2.70. The fraction of sp³-hybridized carbons (Fsp3) is 0.200. The largest absolute Gasteiger partial charge is 0.346 e. The van der Waals surface area contributed by atoms with Crippen LogP contribution in [0.1, 0.15) is 5.56 Å². The van der Waals surface area contributed by atoms with Gasteiger partial charge >= 0.3 is 5.69 Å². The highest BCUT2D eigenvalue weighted by Gasteiger charge is 2.19. The van der Waals surface area contributed by atoms with E-state index in [1.165, 1.54) is 11.6 Å². The maximum Gasteiger partial charge on any atom is 0.346 e. The van der Waals surface area contributed by atoms with E-state index in [9.17, 15) is 9.59 Å². The van der Waals surface area contributed by atoms with Crippen LogP contribution in [0.5, 0.6) is 0 Å². The molecule has 1 aromatic carbocycles. The minimum Gasteiger partial charge on any atom is -0.308 e. The van der Waals surface area contributed by atoms with E-state index in [-0.39, 0.29) is 16.4 Å². The van der Waals surface area contributed by atoms with Crippen LogP contribution >= 0.6 is 11.6 Å². The predicted molar refractivity (Wildman–Crippen MR) is 85.4 cm³/mol. The van der Waals surface area contributed by atoms with Gasteiger partial charge in [0.25, 0.3) is 5.56 Å². The molecule has 0 N–H and O–H groups in total. The minimum atomic E-state index is -0.741. The Kier molecular flexibility index (Phi) is 3.76. The van der Waals surface area contributed by atoms with E-state index < -0.39 is 11.2 Å². The summed E-state index contributed by atoms with van der Waals surface area (Å²) in [5.74, 6) is 0. The summed E-state index contributed by atoms with van der Waals surface area (Å²) in [4.78, 5) is 28.3. The number of nitriles is 1. The van der Waals surface area contributed by atoms with Crippen molar-refractivity contribution < 1.29 is 0 Å². The van der Waals surface area contributed by atoms with E-state index in [2.05, 4.69) is 4.98 Å². The third-order valence-corrected chi connectivity index (χ3v) is 3.96. The van der Waals surface area contributed by atoms with Gasteiger partial charge in [-0.3, -0.25) is 9.36 Å². The van der Waals surface area contributed by atoms with E-state index in [0.29, 0.717) is 13.0 Å². The molecule has 0 aliphatic carbocycles. The molecular formula is C15H12ClN5O2. The van der Waals surface area contributed by atoms with Crippen molar-refractivity contribution in [3.8, 4) is 6.19 Å². The first kappa shape index (κ1) is 15.1. The summed E-state index contributed by atoms with van der Waals surface area (Å²) in [6.45, 7) is 0.415. The molecule has 0 aliphatic heterocycles. The van der Waals surface area contributed by atoms with Crippen molar-refractivity contribution in [2.45, 2.75) is 13.0 Å². The van der Waals surface area contributed by atoms with Gasteiger partial charge in [0.15, 0.2) is 17.4 Å². The molecule has 3 aromatic rings. The van der Waals surface area contributed by atoms with Crippen molar-refractivity contribution in [3.63, 3.8) is 0 Å². The molecule has 0 radical (unpaired) electrons. The van der Waals surface area contributed by atoms with Crippen LogP contribution in [0.15, 0.2) is 39.9 Å². The number of halogens is 1. The summed E-state index contributed by atoms with van der Waals surface area (Å²) >= 11 is 6.12.